The number of aryl methyl sites for hydroxylation is 1. The van der Waals surface area contributed by atoms with Crippen molar-refractivity contribution < 1.29 is 9.59 Å². The monoisotopic (exact) mass is 338 g/mol. The molecular weight excluding hydrogens is 316 g/mol. The minimum atomic E-state index is -0.429. The second-order valence-electron chi connectivity index (χ2n) is 6.54. The van der Waals surface area contributed by atoms with Crippen LogP contribution in [0.15, 0.2) is 41.2 Å². The molecule has 0 bridgehead atoms. The third-order valence-electron chi connectivity index (χ3n) is 4.73. The molecule has 1 aliphatic rings. The van der Waals surface area contributed by atoms with E-state index in [1.807, 2.05) is 18.2 Å². The van der Waals surface area contributed by atoms with Gasteiger partial charge in [0.15, 0.2) is 5.78 Å². The van der Waals surface area contributed by atoms with Gasteiger partial charge in [-0.1, -0.05) is 37.3 Å². The number of benzene rings is 1. The predicted molar refractivity (Wildman–Crippen MR) is 96.1 cm³/mol. The van der Waals surface area contributed by atoms with Gasteiger partial charge in [0.2, 0.25) is 0 Å². The van der Waals surface area contributed by atoms with Crippen LogP contribution in [0.1, 0.15) is 64.1 Å². The van der Waals surface area contributed by atoms with E-state index in [9.17, 15) is 14.4 Å². The Morgan fingerprint density at radius 3 is 2.72 bits per heavy atom. The van der Waals surface area contributed by atoms with Gasteiger partial charge in [-0.05, 0) is 36.8 Å². The number of carbonyl (C=O) groups is 2. The summed E-state index contributed by atoms with van der Waals surface area (Å²) in [5, 5.41) is 2.79. The zero-order chi connectivity index (χ0) is 17.8. The van der Waals surface area contributed by atoms with Crippen molar-refractivity contribution in [3.8, 4) is 0 Å². The maximum absolute atomic E-state index is 12.3. The van der Waals surface area contributed by atoms with Gasteiger partial charge in [-0.2, -0.15) is 0 Å². The van der Waals surface area contributed by atoms with Crippen molar-refractivity contribution in [3.05, 3.63) is 69.1 Å². The molecule has 1 aromatic carbocycles. The second kappa shape index (κ2) is 7.47. The minimum absolute atomic E-state index is 0.00995. The van der Waals surface area contributed by atoms with Crippen molar-refractivity contribution in [2.24, 2.45) is 0 Å². The highest BCUT2D eigenvalue weighted by molar-refractivity contribution is 6.01. The van der Waals surface area contributed by atoms with E-state index in [2.05, 4.69) is 29.4 Å². The van der Waals surface area contributed by atoms with E-state index in [1.54, 1.807) is 0 Å². The highest BCUT2D eigenvalue weighted by Crippen LogP contribution is 2.19. The van der Waals surface area contributed by atoms with E-state index < -0.39 is 11.5 Å². The number of aromatic amines is 1. The maximum Gasteiger partial charge on any atom is 0.261 e. The average Bonchev–Trinajstić information content (AvgIpc) is 2.62. The van der Waals surface area contributed by atoms with Gasteiger partial charge >= 0.3 is 0 Å². The van der Waals surface area contributed by atoms with Crippen LogP contribution in [0.3, 0.4) is 0 Å². The van der Waals surface area contributed by atoms with Crippen LogP contribution in [-0.4, -0.2) is 23.2 Å². The topological polar surface area (TPSA) is 79.0 Å². The molecule has 5 nitrogen and oxygen atoms in total. The number of H-pyrrole nitrogens is 1. The van der Waals surface area contributed by atoms with Crippen molar-refractivity contribution in [2.75, 3.05) is 6.54 Å². The third kappa shape index (κ3) is 3.87. The summed E-state index contributed by atoms with van der Waals surface area (Å²) in [5.41, 5.74) is 1.93. The number of nitrogens with one attached hydrogen (secondary N) is 2. The van der Waals surface area contributed by atoms with Crippen molar-refractivity contribution >= 4 is 11.7 Å². The molecule has 0 unspecified atom stereocenters. The highest BCUT2D eigenvalue weighted by Gasteiger charge is 2.22. The fourth-order valence-corrected chi connectivity index (χ4v) is 3.19. The van der Waals surface area contributed by atoms with E-state index in [1.165, 1.54) is 11.6 Å². The number of pyridine rings is 1. The van der Waals surface area contributed by atoms with Crippen LogP contribution in [0, 0.1) is 0 Å². The van der Waals surface area contributed by atoms with Crippen LogP contribution in [0.5, 0.6) is 0 Å². The van der Waals surface area contributed by atoms with Gasteiger partial charge in [0.05, 0.1) is 0 Å². The summed E-state index contributed by atoms with van der Waals surface area (Å²) >= 11 is 0. The molecule has 0 aliphatic heterocycles. The van der Waals surface area contributed by atoms with E-state index in [-0.39, 0.29) is 11.3 Å². The third-order valence-corrected chi connectivity index (χ3v) is 4.73. The first-order valence-electron chi connectivity index (χ1n) is 8.69. The predicted octanol–water partition coefficient (Wildman–Crippen LogP) is 2.82. The Morgan fingerprint density at radius 2 is 1.96 bits per heavy atom. The Hall–Kier alpha value is -2.69. The summed E-state index contributed by atoms with van der Waals surface area (Å²) in [4.78, 5) is 39.1. The molecule has 1 aliphatic carbocycles. The number of rotatable bonds is 5. The van der Waals surface area contributed by atoms with Crippen LogP contribution < -0.4 is 10.9 Å². The summed E-state index contributed by atoms with van der Waals surface area (Å²) < 4.78 is 0. The van der Waals surface area contributed by atoms with Crippen LogP contribution >= 0.6 is 0 Å². The van der Waals surface area contributed by atoms with Crippen LogP contribution in [0.25, 0.3) is 0 Å². The van der Waals surface area contributed by atoms with Crippen LogP contribution in [0.4, 0.5) is 0 Å². The summed E-state index contributed by atoms with van der Waals surface area (Å²) in [6, 6.07) is 11.5. The summed E-state index contributed by atoms with van der Waals surface area (Å²) in [7, 11) is 0. The molecule has 25 heavy (non-hydrogen) atoms. The number of amides is 1. The van der Waals surface area contributed by atoms with Gasteiger partial charge in [0.25, 0.3) is 11.5 Å². The molecule has 3 rings (SSSR count). The SMILES string of the molecule is C[C@H](CCNC(=O)c1cc2c([nH]c1=O)CCCC2=O)c1ccccc1. The summed E-state index contributed by atoms with van der Waals surface area (Å²) in [5.74, 6) is -0.128. The van der Waals surface area contributed by atoms with E-state index in [0.29, 0.717) is 36.6 Å². The summed E-state index contributed by atoms with van der Waals surface area (Å²) in [6.07, 6.45) is 2.66. The molecule has 0 saturated carbocycles. The number of Topliss-reactive ketones (excluding diaryl/α,β-unsaturated/α-hetero) is 1. The molecular formula is C20H22N2O3. The molecule has 130 valence electrons. The molecule has 1 heterocycles. The normalized spacial score (nSPS) is 14.7. The Kier molecular flexibility index (Phi) is 5.12. The smallest absolute Gasteiger partial charge is 0.261 e. The number of hydrogen-bond donors (Lipinski definition) is 2. The molecule has 5 heteroatoms. The molecule has 0 saturated heterocycles. The number of aromatic nitrogens is 1. The average molecular weight is 338 g/mol. The molecule has 2 N–H and O–H groups in total. The Morgan fingerprint density at radius 1 is 1.20 bits per heavy atom. The number of carbonyl (C=O) groups excluding carboxylic acids is 2. The first-order valence-corrected chi connectivity index (χ1v) is 8.69. The lowest BCUT2D eigenvalue weighted by molar-refractivity contribution is 0.0951. The number of fused-ring (bicyclic) bond motifs is 1. The second-order valence-corrected chi connectivity index (χ2v) is 6.54. The van der Waals surface area contributed by atoms with E-state index in [0.717, 1.165) is 12.8 Å². The standard InChI is InChI=1S/C20H22N2O3/c1-13(14-6-3-2-4-7-14)10-11-21-19(24)16-12-15-17(22-20(16)25)8-5-9-18(15)23/h2-4,6-7,12-13H,5,8-11H2,1H3,(H,21,24)(H,22,25)/t13-/m1/s1. The zero-order valence-electron chi connectivity index (χ0n) is 14.3. The Labute approximate surface area is 146 Å². The molecule has 0 radical (unpaired) electrons. The molecule has 2 aromatic rings. The van der Waals surface area contributed by atoms with Crippen LogP contribution in [-0.2, 0) is 6.42 Å². The molecule has 0 fully saturated rings. The molecule has 1 aromatic heterocycles. The van der Waals surface area contributed by atoms with Gasteiger partial charge in [0.1, 0.15) is 5.56 Å². The van der Waals surface area contributed by atoms with Crippen molar-refractivity contribution in [1.29, 1.82) is 0 Å². The Balaban J connectivity index is 1.65. The fourth-order valence-electron chi connectivity index (χ4n) is 3.19. The van der Waals surface area contributed by atoms with Gasteiger partial charge in [-0.25, -0.2) is 0 Å². The van der Waals surface area contributed by atoms with Gasteiger partial charge in [0, 0.05) is 24.2 Å². The molecule has 1 amide bonds. The highest BCUT2D eigenvalue weighted by atomic mass is 16.2. The number of hydrogen-bond acceptors (Lipinski definition) is 3. The van der Waals surface area contributed by atoms with E-state index in [4.69, 9.17) is 0 Å². The maximum atomic E-state index is 12.3. The number of ketones is 1. The van der Waals surface area contributed by atoms with Gasteiger partial charge in [-0.15, -0.1) is 0 Å². The van der Waals surface area contributed by atoms with Crippen molar-refractivity contribution in [1.82, 2.24) is 10.3 Å². The lowest BCUT2D eigenvalue weighted by Gasteiger charge is -2.15. The first kappa shape index (κ1) is 17.1. The molecule has 1 atom stereocenters. The van der Waals surface area contributed by atoms with Crippen LogP contribution in [0.2, 0.25) is 0 Å². The lowest BCUT2D eigenvalue weighted by atomic mass is 9.93. The van der Waals surface area contributed by atoms with E-state index >= 15 is 0 Å². The molecule has 0 spiro atoms. The van der Waals surface area contributed by atoms with Gasteiger partial charge < -0.3 is 10.3 Å². The van der Waals surface area contributed by atoms with Crippen molar-refractivity contribution in [2.45, 2.75) is 38.5 Å². The minimum Gasteiger partial charge on any atom is -0.352 e. The zero-order valence-corrected chi connectivity index (χ0v) is 14.3. The fraction of sp³-hybridized carbons (Fsp3) is 0.350. The van der Waals surface area contributed by atoms with Gasteiger partial charge in [-0.3, -0.25) is 14.4 Å². The Bertz CT molecular complexity index is 840. The largest absolute Gasteiger partial charge is 0.352 e. The first-order chi connectivity index (χ1) is 12.1. The van der Waals surface area contributed by atoms with Crippen molar-refractivity contribution in [3.63, 3.8) is 0 Å². The quantitative estimate of drug-likeness (QED) is 0.880. The lowest BCUT2D eigenvalue weighted by Crippen LogP contribution is -2.32. The summed E-state index contributed by atoms with van der Waals surface area (Å²) in [6.45, 7) is 2.57.